The highest BCUT2D eigenvalue weighted by Gasteiger charge is 2.45. The summed E-state index contributed by atoms with van der Waals surface area (Å²) in [6.45, 7) is 0.397. The van der Waals surface area contributed by atoms with E-state index < -0.39 is 0 Å². The van der Waals surface area contributed by atoms with Crippen LogP contribution in [-0.2, 0) is 11.2 Å². The first kappa shape index (κ1) is 16.7. The fourth-order valence-electron chi connectivity index (χ4n) is 4.54. The van der Waals surface area contributed by atoms with Gasteiger partial charge in [0.1, 0.15) is 11.6 Å². The number of fused-ring (bicyclic) bond motifs is 4. The fourth-order valence-corrected chi connectivity index (χ4v) is 4.54. The molecule has 0 radical (unpaired) electrons. The Morgan fingerprint density at radius 2 is 1.96 bits per heavy atom. The lowest BCUT2D eigenvalue weighted by Gasteiger charge is -2.37. The normalized spacial score (nSPS) is 23.2. The molecule has 1 aromatic heterocycles. The first-order chi connectivity index (χ1) is 13.2. The molecule has 3 N–H and O–H groups in total. The monoisotopic (exact) mass is 363 g/mol. The van der Waals surface area contributed by atoms with Crippen molar-refractivity contribution in [1.29, 1.82) is 0 Å². The molecular weight excluding hydrogens is 338 g/mol. The van der Waals surface area contributed by atoms with E-state index in [1.54, 1.807) is 0 Å². The largest absolute Gasteiger partial charge is 0.340 e. The number of hydrogen-bond donors (Lipinski definition) is 2. The number of nitrogens with one attached hydrogen (secondary N) is 1. The smallest absolute Gasteiger partial charge is 0.224 e. The average molecular weight is 363 g/mol. The molecule has 0 unspecified atom stereocenters. The summed E-state index contributed by atoms with van der Waals surface area (Å²) in [5, 5.41) is 3.52. The van der Waals surface area contributed by atoms with Crippen molar-refractivity contribution in [3.05, 3.63) is 47.4 Å². The lowest BCUT2D eigenvalue weighted by Crippen LogP contribution is -2.43. The number of rotatable bonds is 5. The fraction of sp³-hybridized carbons (Fsp3) is 0.476. The lowest BCUT2D eigenvalue weighted by atomic mass is 9.97. The van der Waals surface area contributed by atoms with Crippen LogP contribution in [0.4, 0.5) is 11.5 Å². The SMILES string of the molecule is NCCC(=O)N1[C@@H]2CC[C@H]1c1c(nc(C3CC3)nc1Nc1ccccc1)C2. The van der Waals surface area contributed by atoms with Gasteiger partial charge in [0.25, 0.3) is 0 Å². The third-order valence-corrected chi connectivity index (χ3v) is 5.93. The van der Waals surface area contributed by atoms with Crippen LogP contribution in [0.2, 0.25) is 0 Å². The Hall–Kier alpha value is -2.47. The quantitative estimate of drug-likeness (QED) is 0.853. The summed E-state index contributed by atoms with van der Waals surface area (Å²) in [5.41, 5.74) is 8.91. The van der Waals surface area contributed by atoms with Gasteiger partial charge in [0.15, 0.2) is 0 Å². The number of benzene rings is 1. The van der Waals surface area contributed by atoms with Gasteiger partial charge in [-0.25, -0.2) is 9.97 Å². The first-order valence-electron chi connectivity index (χ1n) is 9.98. The van der Waals surface area contributed by atoms with Crippen molar-refractivity contribution in [3.8, 4) is 0 Å². The predicted molar refractivity (Wildman–Crippen MR) is 104 cm³/mol. The van der Waals surface area contributed by atoms with Gasteiger partial charge in [0.05, 0.1) is 11.7 Å². The molecule has 2 atom stereocenters. The van der Waals surface area contributed by atoms with E-state index in [1.807, 2.05) is 30.3 Å². The molecule has 27 heavy (non-hydrogen) atoms. The Labute approximate surface area is 159 Å². The molecule has 2 aromatic rings. The Kier molecular flexibility index (Phi) is 4.08. The van der Waals surface area contributed by atoms with Gasteiger partial charge in [-0.3, -0.25) is 4.79 Å². The third-order valence-electron chi connectivity index (χ3n) is 5.93. The second-order valence-electron chi connectivity index (χ2n) is 7.85. The Bertz CT molecular complexity index is 864. The Balaban J connectivity index is 1.57. The van der Waals surface area contributed by atoms with Gasteiger partial charge < -0.3 is 16.0 Å². The van der Waals surface area contributed by atoms with Crippen LogP contribution in [0, 0.1) is 0 Å². The van der Waals surface area contributed by atoms with E-state index in [-0.39, 0.29) is 18.0 Å². The molecule has 2 fully saturated rings. The van der Waals surface area contributed by atoms with Crippen LogP contribution in [-0.4, -0.2) is 33.4 Å². The van der Waals surface area contributed by atoms with Gasteiger partial charge >= 0.3 is 0 Å². The summed E-state index contributed by atoms with van der Waals surface area (Å²) in [6.07, 6.45) is 5.60. The van der Waals surface area contributed by atoms with E-state index in [4.69, 9.17) is 15.7 Å². The van der Waals surface area contributed by atoms with Crippen molar-refractivity contribution in [3.63, 3.8) is 0 Å². The van der Waals surface area contributed by atoms with Gasteiger partial charge in [-0.2, -0.15) is 0 Å². The van der Waals surface area contributed by atoms with Crippen molar-refractivity contribution in [2.75, 3.05) is 11.9 Å². The second-order valence-corrected chi connectivity index (χ2v) is 7.85. The molecule has 1 saturated carbocycles. The number of para-hydroxylation sites is 1. The lowest BCUT2D eigenvalue weighted by molar-refractivity contribution is -0.134. The molecule has 3 aliphatic rings. The number of nitrogens with two attached hydrogens (primary N) is 1. The molecule has 5 rings (SSSR count). The van der Waals surface area contributed by atoms with Crippen molar-refractivity contribution in [2.24, 2.45) is 5.73 Å². The number of aromatic nitrogens is 2. The minimum absolute atomic E-state index is 0.0669. The van der Waals surface area contributed by atoms with E-state index in [0.717, 1.165) is 47.8 Å². The summed E-state index contributed by atoms with van der Waals surface area (Å²) in [7, 11) is 0. The highest BCUT2D eigenvalue weighted by Crippen LogP contribution is 2.48. The van der Waals surface area contributed by atoms with Crippen LogP contribution < -0.4 is 11.1 Å². The van der Waals surface area contributed by atoms with Crippen LogP contribution in [0.1, 0.15) is 61.1 Å². The minimum atomic E-state index is 0.0669. The highest BCUT2D eigenvalue weighted by molar-refractivity contribution is 5.79. The maximum Gasteiger partial charge on any atom is 0.224 e. The van der Waals surface area contributed by atoms with E-state index >= 15 is 0 Å². The van der Waals surface area contributed by atoms with E-state index in [9.17, 15) is 4.79 Å². The molecule has 6 heteroatoms. The highest BCUT2D eigenvalue weighted by atomic mass is 16.2. The molecule has 1 saturated heterocycles. The van der Waals surface area contributed by atoms with Crippen LogP contribution in [0.3, 0.4) is 0 Å². The van der Waals surface area contributed by atoms with Gasteiger partial charge in [0, 0.05) is 42.6 Å². The number of carbonyl (C=O) groups excluding carboxylic acids is 1. The average Bonchev–Trinajstić information content (AvgIpc) is 3.47. The number of amides is 1. The molecule has 0 spiro atoms. The summed E-state index contributed by atoms with van der Waals surface area (Å²) in [4.78, 5) is 24.6. The van der Waals surface area contributed by atoms with Crippen LogP contribution >= 0.6 is 0 Å². The first-order valence-corrected chi connectivity index (χ1v) is 9.98. The summed E-state index contributed by atoms with van der Waals surface area (Å²) in [5.74, 6) is 2.51. The molecule has 1 aromatic carbocycles. The number of nitrogens with zero attached hydrogens (tertiary/aromatic N) is 3. The zero-order valence-electron chi connectivity index (χ0n) is 15.4. The molecular formula is C21H25N5O. The number of anilines is 2. The van der Waals surface area contributed by atoms with Gasteiger partial charge in [-0.05, 0) is 37.8 Å². The second kappa shape index (κ2) is 6.60. The molecule has 140 valence electrons. The summed E-state index contributed by atoms with van der Waals surface area (Å²) >= 11 is 0. The zero-order valence-corrected chi connectivity index (χ0v) is 15.4. The molecule has 2 aliphatic heterocycles. The third kappa shape index (κ3) is 2.98. The van der Waals surface area contributed by atoms with E-state index in [2.05, 4.69) is 10.2 Å². The van der Waals surface area contributed by atoms with Crippen molar-refractivity contribution in [1.82, 2.24) is 14.9 Å². The summed E-state index contributed by atoms with van der Waals surface area (Å²) in [6, 6.07) is 10.4. The molecule has 6 nitrogen and oxygen atoms in total. The van der Waals surface area contributed by atoms with Crippen molar-refractivity contribution >= 4 is 17.4 Å². The summed E-state index contributed by atoms with van der Waals surface area (Å²) < 4.78 is 0. The number of carbonyl (C=O) groups is 1. The molecule has 1 aliphatic carbocycles. The number of hydrogen-bond acceptors (Lipinski definition) is 5. The topological polar surface area (TPSA) is 84.1 Å². The van der Waals surface area contributed by atoms with E-state index in [1.165, 1.54) is 12.8 Å². The predicted octanol–water partition coefficient (Wildman–Crippen LogP) is 3.03. The maximum atomic E-state index is 12.7. The van der Waals surface area contributed by atoms with Gasteiger partial charge in [-0.15, -0.1) is 0 Å². The Morgan fingerprint density at radius 1 is 1.15 bits per heavy atom. The Morgan fingerprint density at radius 3 is 2.70 bits per heavy atom. The van der Waals surface area contributed by atoms with Crippen LogP contribution in [0.5, 0.6) is 0 Å². The zero-order chi connectivity index (χ0) is 18.4. The van der Waals surface area contributed by atoms with Crippen LogP contribution in [0.25, 0.3) is 0 Å². The molecule has 3 heterocycles. The minimum Gasteiger partial charge on any atom is -0.340 e. The molecule has 2 bridgehead atoms. The van der Waals surface area contributed by atoms with Gasteiger partial charge in [-0.1, -0.05) is 18.2 Å². The van der Waals surface area contributed by atoms with Crippen LogP contribution in [0.15, 0.2) is 30.3 Å². The molecule has 1 amide bonds. The van der Waals surface area contributed by atoms with Crippen molar-refractivity contribution < 1.29 is 4.79 Å². The van der Waals surface area contributed by atoms with Crippen molar-refractivity contribution in [2.45, 2.75) is 56.5 Å². The standard InChI is InChI=1S/C21H25N5O/c22-11-10-18(27)26-15-8-9-17(26)19-16(12-15)24-20(13-6-7-13)25-21(19)23-14-4-2-1-3-5-14/h1-5,13,15,17H,6-12,22H2,(H,23,24,25)/t15-,17+/m1/s1. The van der Waals surface area contributed by atoms with E-state index in [0.29, 0.717) is 18.9 Å². The van der Waals surface area contributed by atoms with Gasteiger partial charge in [0.2, 0.25) is 5.91 Å². The maximum absolute atomic E-state index is 12.7.